The number of likely N-dealkylation sites (tertiary alicyclic amines) is 1. The van der Waals surface area contributed by atoms with Crippen LogP contribution in [-0.2, 0) is 16.0 Å². The van der Waals surface area contributed by atoms with Crippen LogP contribution in [0.3, 0.4) is 0 Å². The van der Waals surface area contributed by atoms with Gasteiger partial charge in [0.1, 0.15) is 18.2 Å². The zero-order valence-electron chi connectivity index (χ0n) is 23.2. The van der Waals surface area contributed by atoms with Gasteiger partial charge < -0.3 is 15.2 Å². The number of hydrogen-bond donors (Lipinski definition) is 2. The normalized spacial score (nSPS) is 21.1. The molecular formula is C30H42N3O5+. The Hall–Kier alpha value is -3.07. The Labute approximate surface area is 226 Å². The highest BCUT2D eigenvalue weighted by Gasteiger charge is 2.54. The number of carbonyl (C=O) groups is 3. The molecule has 3 unspecified atom stereocenters. The molecule has 2 aromatic rings. The summed E-state index contributed by atoms with van der Waals surface area (Å²) < 4.78 is 5.33. The third-order valence-electron chi connectivity index (χ3n) is 7.07. The van der Waals surface area contributed by atoms with Crippen LogP contribution in [0.4, 0.5) is 4.79 Å². The van der Waals surface area contributed by atoms with Gasteiger partial charge in [0.05, 0.1) is 18.7 Å². The van der Waals surface area contributed by atoms with Crippen LogP contribution >= 0.6 is 0 Å². The van der Waals surface area contributed by atoms with Crippen LogP contribution in [0.5, 0.6) is 0 Å². The van der Waals surface area contributed by atoms with E-state index in [1.54, 1.807) is 57.0 Å². The first-order valence-corrected chi connectivity index (χ1v) is 13.3. The van der Waals surface area contributed by atoms with Crippen molar-refractivity contribution in [3.05, 3.63) is 71.8 Å². The average molecular weight is 525 g/mol. The van der Waals surface area contributed by atoms with Gasteiger partial charge in [-0.15, -0.1) is 0 Å². The van der Waals surface area contributed by atoms with Gasteiger partial charge in [0.15, 0.2) is 0 Å². The molecule has 0 aliphatic carbocycles. The van der Waals surface area contributed by atoms with E-state index in [9.17, 15) is 19.5 Å². The molecule has 0 bridgehead atoms. The highest BCUT2D eigenvalue weighted by Crippen LogP contribution is 2.30. The second-order valence-corrected chi connectivity index (χ2v) is 11.4. The quantitative estimate of drug-likeness (QED) is 0.485. The highest BCUT2D eigenvalue weighted by atomic mass is 16.6. The van der Waals surface area contributed by atoms with E-state index in [4.69, 9.17) is 4.74 Å². The zero-order valence-corrected chi connectivity index (χ0v) is 23.2. The van der Waals surface area contributed by atoms with Crippen LogP contribution in [0, 0.1) is 0 Å². The number of hydrogen-bond acceptors (Lipinski definition) is 6. The molecule has 206 valence electrons. The number of aliphatic hydroxyl groups excluding tert-OH is 1. The number of carbonyl (C=O) groups excluding carboxylic acids is 3. The first-order chi connectivity index (χ1) is 17.9. The molecule has 3 amide bonds. The predicted octanol–water partition coefficient (Wildman–Crippen LogP) is 3.78. The molecule has 0 radical (unpaired) electrons. The van der Waals surface area contributed by atoms with Crippen LogP contribution in [0.1, 0.15) is 56.5 Å². The van der Waals surface area contributed by atoms with Crippen molar-refractivity contribution in [2.45, 2.75) is 70.7 Å². The molecule has 1 heterocycles. The molecule has 0 spiro atoms. The van der Waals surface area contributed by atoms with Crippen molar-refractivity contribution in [2.24, 2.45) is 0 Å². The van der Waals surface area contributed by atoms with Gasteiger partial charge in [-0.05, 0) is 58.9 Å². The molecule has 0 saturated carbocycles. The van der Waals surface area contributed by atoms with E-state index in [0.29, 0.717) is 18.5 Å². The van der Waals surface area contributed by atoms with E-state index < -0.39 is 23.8 Å². The highest BCUT2D eigenvalue weighted by molar-refractivity contribution is 5.94. The molecule has 0 aromatic heterocycles. The molecule has 1 saturated heterocycles. The van der Waals surface area contributed by atoms with E-state index >= 15 is 0 Å². The summed E-state index contributed by atoms with van der Waals surface area (Å²) in [5.74, 6) is -0.517. The molecule has 1 aliphatic rings. The third kappa shape index (κ3) is 7.49. The number of ether oxygens (including phenoxy) is 1. The van der Waals surface area contributed by atoms with E-state index in [2.05, 4.69) is 5.32 Å². The van der Waals surface area contributed by atoms with Crippen LogP contribution in [0.25, 0.3) is 0 Å². The van der Waals surface area contributed by atoms with Gasteiger partial charge >= 0.3 is 12.0 Å². The summed E-state index contributed by atoms with van der Waals surface area (Å²) in [6, 6.07) is 17.8. The summed E-state index contributed by atoms with van der Waals surface area (Å²) in [7, 11) is 1.74. The Morgan fingerprint density at radius 2 is 1.68 bits per heavy atom. The lowest BCUT2D eigenvalue weighted by Crippen LogP contribution is -2.62. The number of benzene rings is 2. The fourth-order valence-electron chi connectivity index (χ4n) is 5.02. The summed E-state index contributed by atoms with van der Waals surface area (Å²) in [5, 5.41) is 14.2. The molecule has 2 N–H and O–H groups in total. The molecule has 8 heteroatoms. The lowest BCUT2D eigenvalue weighted by molar-refractivity contribution is -0.793. The predicted molar refractivity (Wildman–Crippen MR) is 146 cm³/mol. The smallest absolute Gasteiger partial charge is 0.414 e. The van der Waals surface area contributed by atoms with Crippen molar-refractivity contribution in [3.8, 4) is 0 Å². The number of quaternary nitrogens is 1. The largest absolute Gasteiger partial charge is 0.524 e. The minimum atomic E-state index is -0.952. The van der Waals surface area contributed by atoms with Crippen molar-refractivity contribution >= 4 is 17.9 Å². The number of imide groups is 1. The molecule has 4 atom stereocenters. The Morgan fingerprint density at radius 1 is 1.08 bits per heavy atom. The van der Waals surface area contributed by atoms with Gasteiger partial charge in [0.25, 0.3) is 5.91 Å². The fraction of sp³-hybridized carbons (Fsp3) is 0.500. The van der Waals surface area contributed by atoms with E-state index in [1.807, 2.05) is 43.3 Å². The topological polar surface area (TPSA) is 95.9 Å². The Morgan fingerprint density at radius 3 is 2.24 bits per heavy atom. The average Bonchev–Trinajstić information content (AvgIpc) is 3.26. The van der Waals surface area contributed by atoms with Gasteiger partial charge in [-0.2, -0.15) is 9.28 Å². The molecule has 8 nitrogen and oxygen atoms in total. The molecule has 1 fully saturated rings. The maximum Gasteiger partial charge on any atom is 0.524 e. The maximum atomic E-state index is 13.6. The van der Waals surface area contributed by atoms with Crippen molar-refractivity contribution in [1.82, 2.24) is 10.2 Å². The summed E-state index contributed by atoms with van der Waals surface area (Å²) in [5.41, 5.74) is 0.784. The number of nitrogens with one attached hydrogen (secondary N) is 1. The van der Waals surface area contributed by atoms with E-state index in [0.717, 1.165) is 18.4 Å². The first-order valence-electron chi connectivity index (χ1n) is 13.3. The first kappa shape index (κ1) is 29.5. The number of likely N-dealkylation sites (N-methyl/N-ethyl adjacent to an activating group) is 1. The van der Waals surface area contributed by atoms with Crippen LogP contribution < -0.4 is 5.32 Å². The van der Waals surface area contributed by atoms with Gasteiger partial charge in [-0.1, -0.05) is 48.5 Å². The summed E-state index contributed by atoms with van der Waals surface area (Å²) in [4.78, 5) is 41.4. The summed E-state index contributed by atoms with van der Waals surface area (Å²) in [6.45, 7) is 7.84. The molecular weight excluding hydrogens is 482 g/mol. The number of nitrogens with zero attached hydrogens (tertiary/aromatic N) is 2. The molecule has 3 rings (SSSR count). The minimum absolute atomic E-state index is 0.0225. The Balaban J connectivity index is 1.72. The number of amides is 3. The number of aliphatic hydroxyl groups is 1. The molecule has 1 aliphatic heterocycles. The maximum absolute atomic E-state index is 13.6. The van der Waals surface area contributed by atoms with Gasteiger partial charge in [-0.25, -0.2) is 4.79 Å². The molecule has 38 heavy (non-hydrogen) atoms. The van der Waals surface area contributed by atoms with Crippen LogP contribution in [-0.4, -0.2) is 82.9 Å². The second-order valence-electron chi connectivity index (χ2n) is 11.4. The SMILES string of the molecule is CC1CCC[N+]1(C(=O)CN(C)CC(O)[C@H](Cc1ccccc1)NC(=O)c1ccccc1)C(=O)OC(C)(C)C. The van der Waals surface area contributed by atoms with Gasteiger partial charge in [0, 0.05) is 24.9 Å². The zero-order chi connectivity index (χ0) is 27.9. The van der Waals surface area contributed by atoms with Gasteiger partial charge in [-0.3, -0.25) is 9.69 Å². The van der Waals surface area contributed by atoms with Crippen LogP contribution in [0.15, 0.2) is 60.7 Å². The Bertz CT molecular complexity index is 1090. The van der Waals surface area contributed by atoms with Crippen molar-refractivity contribution < 1.29 is 28.7 Å². The van der Waals surface area contributed by atoms with Crippen molar-refractivity contribution in [3.63, 3.8) is 0 Å². The lowest BCUT2D eigenvalue weighted by Gasteiger charge is -2.35. The third-order valence-corrected chi connectivity index (χ3v) is 7.07. The summed E-state index contributed by atoms with van der Waals surface area (Å²) >= 11 is 0. The Kier molecular flexibility index (Phi) is 9.82. The lowest BCUT2D eigenvalue weighted by atomic mass is 10.00. The van der Waals surface area contributed by atoms with Crippen molar-refractivity contribution in [1.29, 1.82) is 0 Å². The van der Waals surface area contributed by atoms with Crippen molar-refractivity contribution in [2.75, 3.05) is 26.7 Å². The minimum Gasteiger partial charge on any atom is -0.414 e. The number of rotatable bonds is 9. The fourth-order valence-corrected chi connectivity index (χ4v) is 5.02. The van der Waals surface area contributed by atoms with Crippen LogP contribution in [0.2, 0.25) is 0 Å². The monoisotopic (exact) mass is 524 g/mol. The second kappa shape index (κ2) is 12.7. The summed E-state index contributed by atoms with van der Waals surface area (Å²) in [6.07, 6.45) is 0.493. The van der Waals surface area contributed by atoms with Gasteiger partial charge in [0.2, 0.25) is 0 Å². The standard InChI is InChI=1S/C30H41N3O5/c1-22-13-12-18-33(22,29(37)38-30(2,3)4)27(35)21-32(5)20-26(34)25(19-23-14-8-6-9-15-23)31-28(36)24-16-10-7-11-17-24/h6-11,14-17,22,25-26,34H,12-13,18-21H2,1-5H3/p+1/t22?,25-,26?,33?/m0/s1. The van der Waals surface area contributed by atoms with E-state index in [1.165, 1.54) is 0 Å². The molecule has 2 aromatic carbocycles. The van der Waals surface area contributed by atoms with E-state index in [-0.39, 0.29) is 35.4 Å².